The number of thioether (sulfide) groups is 1. The van der Waals surface area contributed by atoms with Gasteiger partial charge in [-0.2, -0.15) is 0 Å². The van der Waals surface area contributed by atoms with E-state index in [0.717, 1.165) is 22.5 Å². The fourth-order valence-electron chi connectivity index (χ4n) is 1.56. The second kappa shape index (κ2) is 5.33. The van der Waals surface area contributed by atoms with Crippen molar-refractivity contribution in [1.29, 1.82) is 0 Å². The maximum atomic E-state index is 5.54. The van der Waals surface area contributed by atoms with Gasteiger partial charge in [0.2, 0.25) is 5.95 Å². The van der Waals surface area contributed by atoms with Crippen LogP contribution in [0.3, 0.4) is 0 Å². The van der Waals surface area contributed by atoms with Gasteiger partial charge in [0.15, 0.2) is 0 Å². The van der Waals surface area contributed by atoms with Crippen LogP contribution in [0.2, 0.25) is 0 Å². The van der Waals surface area contributed by atoms with Gasteiger partial charge in [-0.05, 0) is 29.3 Å². The van der Waals surface area contributed by atoms with Gasteiger partial charge in [-0.3, -0.25) is 0 Å². The first-order chi connectivity index (χ1) is 7.70. The number of anilines is 1. The molecule has 0 amide bonds. The van der Waals surface area contributed by atoms with Crippen molar-refractivity contribution in [3.63, 3.8) is 0 Å². The number of hydrogen-bond acceptors (Lipinski definition) is 5. The van der Waals surface area contributed by atoms with Crippen LogP contribution < -0.4 is 5.32 Å². The normalized spacial score (nSPS) is 24.7. The average Bonchev–Trinajstić information content (AvgIpc) is 2.68. The summed E-state index contributed by atoms with van der Waals surface area (Å²) in [5.74, 6) is 0.650. The van der Waals surface area contributed by atoms with E-state index in [9.17, 15) is 0 Å². The van der Waals surface area contributed by atoms with Crippen LogP contribution >= 0.6 is 27.7 Å². The molecular weight excluding hydrogens is 290 g/mol. The van der Waals surface area contributed by atoms with E-state index in [0.29, 0.717) is 17.3 Å². The zero-order chi connectivity index (χ0) is 11.5. The Bertz CT molecular complexity index is 377. The molecule has 2 heterocycles. The van der Waals surface area contributed by atoms with Gasteiger partial charge in [0.1, 0.15) is 5.03 Å². The summed E-state index contributed by atoms with van der Waals surface area (Å²) in [6.07, 6.45) is 3.16. The summed E-state index contributed by atoms with van der Waals surface area (Å²) in [5, 5.41) is 4.40. The summed E-state index contributed by atoms with van der Waals surface area (Å²) in [4.78, 5) is 8.56. The van der Waals surface area contributed by atoms with Crippen molar-refractivity contribution in [3.8, 4) is 0 Å². The molecule has 1 saturated heterocycles. The van der Waals surface area contributed by atoms with Crippen molar-refractivity contribution in [2.24, 2.45) is 0 Å². The zero-order valence-corrected chi connectivity index (χ0v) is 11.6. The second-order valence-electron chi connectivity index (χ2n) is 3.62. The summed E-state index contributed by atoms with van der Waals surface area (Å²) in [5.41, 5.74) is 0. The van der Waals surface area contributed by atoms with Gasteiger partial charge in [-0.1, -0.05) is 11.8 Å². The van der Waals surface area contributed by atoms with E-state index in [2.05, 4.69) is 38.1 Å². The van der Waals surface area contributed by atoms with E-state index in [-0.39, 0.29) is 0 Å². The smallest absolute Gasteiger partial charge is 0.223 e. The number of aromatic nitrogens is 2. The van der Waals surface area contributed by atoms with Gasteiger partial charge in [-0.25, -0.2) is 9.97 Å². The summed E-state index contributed by atoms with van der Waals surface area (Å²) >= 11 is 5.22. The van der Waals surface area contributed by atoms with Crippen molar-refractivity contribution >= 4 is 33.6 Å². The second-order valence-corrected chi connectivity index (χ2v) is 5.70. The molecule has 0 saturated carbocycles. The van der Waals surface area contributed by atoms with Crippen LogP contribution in [0.15, 0.2) is 15.7 Å². The third-order valence-corrected chi connectivity index (χ3v) is 4.80. The Labute approximate surface area is 108 Å². The minimum atomic E-state index is 0.296. The first-order valence-corrected chi connectivity index (χ1v) is 6.86. The molecule has 1 fully saturated rings. The van der Waals surface area contributed by atoms with Gasteiger partial charge in [-0.15, -0.1) is 0 Å². The van der Waals surface area contributed by atoms with Crippen LogP contribution in [0, 0.1) is 0 Å². The third-order valence-electron chi connectivity index (χ3n) is 2.51. The van der Waals surface area contributed by atoms with Crippen LogP contribution in [0.25, 0.3) is 0 Å². The molecule has 0 aliphatic carbocycles. The third kappa shape index (κ3) is 2.67. The van der Waals surface area contributed by atoms with E-state index in [1.54, 1.807) is 18.0 Å². The first-order valence-electron chi connectivity index (χ1n) is 5.19. The molecular formula is C10H14BrN3OS. The molecule has 1 aromatic rings. The summed E-state index contributed by atoms with van der Waals surface area (Å²) < 4.78 is 6.48. The van der Waals surface area contributed by atoms with Gasteiger partial charge < -0.3 is 10.1 Å². The van der Waals surface area contributed by atoms with Crippen LogP contribution in [0.5, 0.6) is 0 Å². The fourth-order valence-corrected chi connectivity index (χ4v) is 3.11. The van der Waals surface area contributed by atoms with Gasteiger partial charge in [0, 0.05) is 25.1 Å². The lowest BCUT2D eigenvalue weighted by Crippen LogP contribution is -2.13. The maximum absolute atomic E-state index is 5.54. The highest BCUT2D eigenvalue weighted by Crippen LogP contribution is 2.35. The highest BCUT2D eigenvalue weighted by molar-refractivity contribution is 9.10. The molecule has 0 aromatic carbocycles. The number of ether oxygens (including phenoxy) is 1. The molecule has 88 valence electrons. The summed E-state index contributed by atoms with van der Waals surface area (Å²) in [6.45, 7) is 2.96. The first kappa shape index (κ1) is 12.1. The number of halogens is 1. The molecule has 1 aromatic heterocycles. The standard InChI is InChI=1S/C10H14BrN3OS/c1-6-8(3-4-15-6)16-9-7(11)5-13-10(12-2)14-9/h5-6,8H,3-4H2,1-2H3,(H,12,13,14). The van der Waals surface area contributed by atoms with E-state index >= 15 is 0 Å². The molecule has 1 aliphatic rings. The Balaban J connectivity index is 2.13. The average molecular weight is 304 g/mol. The predicted molar refractivity (Wildman–Crippen MR) is 69.0 cm³/mol. The molecule has 2 atom stereocenters. The summed E-state index contributed by atoms with van der Waals surface area (Å²) in [6, 6.07) is 0. The molecule has 0 radical (unpaired) electrons. The molecule has 0 spiro atoms. The molecule has 16 heavy (non-hydrogen) atoms. The van der Waals surface area contributed by atoms with Crippen molar-refractivity contribution in [2.75, 3.05) is 19.0 Å². The highest BCUT2D eigenvalue weighted by Gasteiger charge is 2.26. The van der Waals surface area contributed by atoms with Gasteiger partial charge in [0.25, 0.3) is 0 Å². The van der Waals surface area contributed by atoms with Crippen LogP contribution in [-0.2, 0) is 4.74 Å². The van der Waals surface area contributed by atoms with E-state index in [4.69, 9.17) is 4.74 Å². The quantitative estimate of drug-likeness (QED) is 0.870. The Morgan fingerprint density at radius 2 is 2.44 bits per heavy atom. The maximum Gasteiger partial charge on any atom is 0.223 e. The monoisotopic (exact) mass is 303 g/mol. The lowest BCUT2D eigenvalue weighted by Gasteiger charge is -2.13. The minimum absolute atomic E-state index is 0.296. The Morgan fingerprint density at radius 1 is 1.62 bits per heavy atom. The zero-order valence-electron chi connectivity index (χ0n) is 9.24. The Kier molecular flexibility index (Phi) is 4.05. The predicted octanol–water partition coefficient (Wildman–Crippen LogP) is 2.55. The van der Waals surface area contributed by atoms with E-state index in [1.165, 1.54) is 0 Å². The fraction of sp³-hybridized carbons (Fsp3) is 0.600. The van der Waals surface area contributed by atoms with Crippen molar-refractivity contribution in [3.05, 3.63) is 10.7 Å². The Morgan fingerprint density at radius 3 is 3.06 bits per heavy atom. The van der Waals surface area contributed by atoms with Crippen molar-refractivity contribution < 1.29 is 4.74 Å². The number of nitrogens with zero attached hydrogens (tertiary/aromatic N) is 2. The van der Waals surface area contributed by atoms with Crippen molar-refractivity contribution in [1.82, 2.24) is 9.97 Å². The number of hydrogen-bond donors (Lipinski definition) is 1. The number of rotatable bonds is 3. The van der Waals surface area contributed by atoms with E-state index in [1.807, 2.05) is 7.05 Å². The van der Waals surface area contributed by atoms with Gasteiger partial charge >= 0.3 is 0 Å². The molecule has 6 heteroatoms. The van der Waals surface area contributed by atoms with E-state index < -0.39 is 0 Å². The lowest BCUT2D eigenvalue weighted by atomic mass is 10.3. The largest absolute Gasteiger partial charge is 0.377 e. The molecule has 0 bridgehead atoms. The summed E-state index contributed by atoms with van der Waals surface area (Å²) in [7, 11) is 1.82. The Hall–Kier alpha value is -0.330. The van der Waals surface area contributed by atoms with Crippen molar-refractivity contribution in [2.45, 2.75) is 29.7 Å². The minimum Gasteiger partial charge on any atom is -0.377 e. The van der Waals surface area contributed by atoms with Crippen LogP contribution in [-0.4, -0.2) is 35.0 Å². The highest BCUT2D eigenvalue weighted by atomic mass is 79.9. The SMILES string of the molecule is CNc1ncc(Br)c(SC2CCOC2C)n1. The molecule has 1 N–H and O–H groups in total. The van der Waals surface area contributed by atoms with Crippen LogP contribution in [0.1, 0.15) is 13.3 Å². The lowest BCUT2D eigenvalue weighted by molar-refractivity contribution is 0.127. The number of nitrogens with one attached hydrogen (secondary N) is 1. The van der Waals surface area contributed by atoms with Crippen LogP contribution in [0.4, 0.5) is 5.95 Å². The molecule has 4 nitrogen and oxygen atoms in total. The molecule has 2 unspecified atom stereocenters. The topological polar surface area (TPSA) is 47.0 Å². The molecule has 1 aliphatic heterocycles. The van der Waals surface area contributed by atoms with Gasteiger partial charge in [0.05, 0.1) is 10.6 Å². The molecule has 2 rings (SSSR count).